The Morgan fingerprint density at radius 2 is 2.07 bits per heavy atom. The van der Waals surface area contributed by atoms with Crippen LogP contribution < -0.4 is 0 Å². The zero-order chi connectivity index (χ0) is 10.8. The number of allylic oxidation sites excluding steroid dienone is 1. The van der Waals surface area contributed by atoms with Gasteiger partial charge in [-0.2, -0.15) is 5.26 Å². The molecule has 1 aromatic carbocycles. The van der Waals surface area contributed by atoms with Gasteiger partial charge in [-0.25, -0.2) is 0 Å². The topological polar surface area (TPSA) is 28.7 Å². The number of nitriles is 1. The summed E-state index contributed by atoms with van der Waals surface area (Å²) in [5.41, 5.74) is 3.52. The Kier molecular flexibility index (Phi) is 2.31. The zero-order valence-electron chi connectivity index (χ0n) is 8.86. The lowest BCUT2D eigenvalue weighted by atomic mass is 10.1. The van der Waals surface area contributed by atoms with E-state index in [2.05, 4.69) is 23.6 Å². The number of para-hydroxylation sites is 1. The molecule has 0 amide bonds. The number of aryl methyl sites for hydroxylation is 1. The summed E-state index contributed by atoms with van der Waals surface area (Å²) in [5.74, 6) is 0. The van der Waals surface area contributed by atoms with Crippen LogP contribution in [0.2, 0.25) is 0 Å². The van der Waals surface area contributed by atoms with E-state index in [4.69, 9.17) is 5.26 Å². The van der Waals surface area contributed by atoms with Crippen LogP contribution in [0.4, 0.5) is 0 Å². The Labute approximate surface area is 89.1 Å². The van der Waals surface area contributed by atoms with Gasteiger partial charge in [0.1, 0.15) is 0 Å². The van der Waals surface area contributed by atoms with E-state index >= 15 is 0 Å². The van der Waals surface area contributed by atoms with Crippen LogP contribution in [0, 0.1) is 18.3 Å². The summed E-state index contributed by atoms with van der Waals surface area (Å²) >= 11 is 0. The molecule has 1 aromatic heterocycles. The van der Waals surface area contributed by atoms with Crippen molar-refractivity contribution in [3.8, 4) is 6.07 Å². The van der Waals surface area contributed by atoms with Crippen molar-refractivity contribution >= 4 is 17.0 Å². The molecule has 0 N–H and O–H groups in total. The van der Waals surface area contributed by atoms with Crippen molar-refractivity contribution in [1.29, 1.82) is 5.26 Å². The van der Waals surface area contributed by atoms with Crippen LogP contribution in [0.15, 0.2) is 30.3 Å². The predicted molar refractivity (Wildman–Crippen MR) is 62.3 cm³/mol. The standard InChI is InChI=1S/C13H12N2/c1-10-11(7-5-9-14)12-6-3-4-8-13(12)15(10)2/h3-8H,1-2H3. The molecular formula is C13H12N2. The molecule has 0 saturated carbocycles. The largest absolute Gasteiger partial charge is 0.347 e. The number of nitrogens with zero attached hydrogens (tertiary/aromatic N) is 2. The van der Waals surface area contributed by atoms with Crippen molar-refractivity contribution in [1.82, 2.24) is 4.57 Å². The first-order chi connectivity index (χ1) is 7.25. The third-order valence-electron chi connectivity index (χ3n) is 2.77. The van der Waals surface area contributed by atoms with Gasteiger partial charge in [0.2, 0.25) is 0 Å². The van der Waals surface area contributed by atoms with Crippen LogP contribution in [0.3, 0.4) is 0 Å². The number of aromatic nitrogens is 1. The zero-order valence-corrected chi connectivity index (χ0v) is 8.86. The average molecular weight is 196 g/mol. The normalized spacial score (nSPS) is 11.0. The molecule has 15 heavy (non-hydrogen) atoms. The van der Waals surface area contributed by atoms with E-state index in [1.807, 2.05) is 31.3 Å². The van der Waals surface area contributed by atoms with Crippen molar-refractivity contribution in [3.63, 3.8) is 0 Å². The molecule has 0 aliphatic rings. The third-order valence-corrected chi connectivity index (χ3v) is 2.77. The fourth-order valence-electron chi connectivity index (χ4n) is 1.88. The maximum absolute atomic E-state index is 8.55. The van der Waals surface area contributed by atoms with Gasteiger partial charge in [0.05, 0.1) is 6.07 Å². The van der Waals surface area contributed by atoms with Gasteiger partial charge in [0.15, 0.2) is 0 Å². The lowest BCUT2D eigenvalue weighted by molar-refractivity contribution is 0.916. The summed E-state index contributed by atoms with van der Waals surface area (Å²) in [4.78, 5) is 0. The average Bonchev–Trinajstić information content (AvgIpc) is 2.51. The van der Waals surface area contributed by atoms with E-state index in [9.17, 15) is 0 Å². The van der Waals surface area contributed by atoms with Crippen molar-refractivity contribution < 1.29 is 0 Å². The number of benzene rings is 1. The summed E-state index contributed by atoms with van der Waals surface area (Å²) < 4.78 is 2.15. The minimum absolute atomic E-state index is 1.13. The highest BCUT2D eigenvalue weighted by molar-refractivity contribution is 5.91. The molecule has 0 spiro atoms. The minimum Gasteiger partial charge on any atom is -0.347 e. The molecule has 2 nitrogen and oxygen atoms in total. The van der Waals surface area contributed by atoms with Gasteiger partial charge in [-0.15, -0.1) is 0 Å². The Morgan fingerprint density at radius 3 is 2.80 bits per heavy atom. The SMILES string of the molecule is Cc1c(C=CC#N)c2ccccc2n1C. The molecule has 74 valence electrons. The number of rotatable bonds is 1. The fraction of sp³-hybridized carbons (Fsp3) is 0.154. The second-order valence-corrected chi connectivity index (χ2v) is 3.54. The van der Waals surface area contributed by atoms with Crippen LogP contribution in [0.25, 0.3) is 17.0 Å². The molecule has 0 unspecified atom stereocenters. The van der Waals surface area contributed by atoms with Gasteiger partial charge in [0, 0.05) is 35.3 Å². The number of fused-ring (bicyclic) bond motifs is 1. The van der Waals surface area contributed by atoms with Gasteiger partial charge >= 0.3 is 0 Å². The maximum Gasteiger partial charge on any atom is 0.0912 e. The van der Waals surface area contributed by atoms with E-state index < -0.39 is 0 Å². The Hall–Kier alpha value is -2.01. The smallest absolute Gasteiger partial charge is 0.0912 e. The van der Waals surface area contributed by atoms with Crippen molar-refractivity contribution in [2.75, 3.05) is 0 Å². The molecule has 0 aliphatic carbocycles. The summed E-state index contributed by atoms with van der Waals surface area (Å²) in [6, 6.07) is 10.2. The molecule has 2 aromatic rings. The Balaban J connectivity index is 2.79. The Morgan fingerprint density at radius 1 is 1.33 bits per heavy atom. The van der Waals surface area contributed by atoms with E-state index in [0.717, 1.165) is 5.56 Å². The molecule has 0 radical (unpaired) electrons. The van der Waals surface area contributed by atoms with Crippen LogP contribution in [0.5, 0.6) is 0 Å². The lowest BCUT2D eigenvalue weighted by Crippen LogP contribution is -1.89. The maximum atomic E-state index is 8.55. The van der Waals surface area contributed by atoms with E-state index in [1.54, 1.807) is 0 Å². The van der Waals surface area contributed by atoms with Gasteiger partial charge < -0.3 is 4.57 Å². The molecule has 0 saturated heterocycles. The van der Waals surface area contributed by atoms with Gasteiger partial charge in [0.25, 0.3) is 0 Å². The van der Waals surface area contributed by atoms with Crippen LogP contribution >= 0.6 is 0 Å². The third kappa shape index (κ3) is 1.42. The van der Waals surface area contributed by atoms with Gasteiger partial charge in [-0.3, -0.25) is 0 Å². The molecule has 2 rings (SSSR count). The second-order valence-electron chi connectivity index (χ2n) is 3.54. The summed E-state index contributed by atoms with van der Waals surface area (Å²) in [6.07, 6.45) is 3.40. The van der Waals surface area contributed by atoms with Crippen LogP contribution in [0.1, 0.15) is 11.3 Å². The lowest BCUT2D eigenvalue weighted by Gasteiger charge is -1.97. The summed E-state index contributed by atoms with van der Waals surface area (Å²) in [6.45, 7) is 2.07. The molecule has 0 bridgehead atoms. The highest BCUT2D eigenvalue weighted by atomic mass is 14.9. The monoisotopic (exact) mass is 196 g/mol. The quantitative estimate of drug-likeness (QED) is 0.644. The Bertz CT molecular complexity index is 568. The van der Waals surface area contributed by atoms with Gasteiger partial charge in [-0.05, 0) is 19.1 Å². The molecule has 0 atom stereocenters. The van der Waals surface area contributed by atoms with Crippen LogP contribution in [-0.4, -0.2) is 4.57 Å². The second kappa shape index (κ2) is 3.62. The molecule has 2 heteroatoms. The first kappa shape index (κ1) is 9.54. The first-order valence-corrected chi connectivity index (χ1v) is 4.86. The number of hydrogen-bond acceptors (Lipinski definition) is 1. The summed E-state index contributed by atoms with van der Waals surface area (Å²) in [5, 5.41) is 9.75. The predicted octanol–water partition coefficient (Wildman–Crippen LogP) is 3.02. The van der Waals surface area contributed by atoms with Crippen molar-refractivity contribution in [3.05, 3.63) is 41.6 Å². The molecule has 1 heterocycles. The van der Waals surface area contributed by atoms with E-state index in [-0.39, 0.29) is 0 Å². The first-order valence-electron chi connectivity index (χ1n) is 4.86. The summed E-state index contributed by atoms with van der Waals surface area (Å²) in [7, 11) is 2.04. The minimum atomic E-state index is 1.13. The van der Waals surface area contributed by atoms with E-state index in [1.165, 1.54) is 22.7 Å². The molecular weight excluding hydrogens is 184 g/mol. The number of hydrogen-bond donors (Lipinski definition) is 0. The highest BCUT2D eigenvalue weighted by Gasteiger charge is 2.07. The van der Waals surface area contributed by atoms with Crippen molar-refractivity contribution in [2.45, 2.75) is 6.92 Å². The van der Waals surface area contributed by atoms with Crippen LogP contribution in [-0.2, 0) is 7.05 Å². The molecule has 0 fully saturated rings. The molecule has 0 aliphatic heterocycles. The highest BCUT2D eigenvalue weighted by Crippen LogP contribution is 2.25. The fourth-order valence-corrected chi connectivity index (χ4v) is 1.88. The van der Waals surface area contributed by atoms with Gasteiger partial charge in [-0.1, -0.05) is 18.2 Å². The van der Waals surface area contributed by atoms with E-state index in [0.29, 0.717) is 0 Å². The van der Waals surface area contributed by atoms with Crippen molar-refractivity contribution in [2.24, 2.45) is 7.05 Å².